The summed E-state index contributed by atoms with van der Waals surface area (Å²) >= 11 is 0. The van der Waals surface area contributed by atoms with Crippen LogP contribution in [-0.4, -0.2) is 30.4 Å². The summed E-state index contributed by atoms with van der Waals surface area (Å²) in [6.07, 6.45) is 0.602. The third-order valence-electron chi connectivity index (χ3n) is 4.27. The molecule has 29 heavy (non-hydrogen) atoms. The first-order valence-corrected chi connectivity index (χ1v) is 9.09. The minimum atomic E-state index is -0.742. The van der Waals surface area contributed by atoms with Gasteiger partial charge in [0.15, 0.2) is 17.6 Å². The van der Waals surface area contributed by atoms with E-state index in [2.05, 4.69) is 10.5 Å². The largest absolute Gasteiger partial charge is 0.504 e. The minimum Gasteiger partial charge on any atom is -0.504 e. The summed E-state index contributed by atoms with van der Waals surface area (Å²) in [5.41, 5.74) is 5.01. The van der Waals surface area contributed by atoms with Crippen molar-refractivity contribution in [2.75, 3.05) is 7.11 Å². The maximum absolute atomic E-state index is 12.2. The smallest absolute Gasteiger partial charge is 0.280 e. The number of hydrazone groups is 1. The number of rotatable bonds is 7. The van der Waals surface area contributed by atoms with Crippen LogP contribution >= 0.6 is 0 Å². The summed E-state index contributed by atoms with van der Waals surface area (Å²) in [4.78, 5) is 12.2. The Hall–Kier alpha value is -3.80. The minimum absolute atomic E-state index is 0.0456. The first kappa shape index (κ1) is 19.9. The average Bonchev–Trinajstić information content (AvgIpc) is 2.76. The van der Waals surface area contributed by atoms with Gasteiger partial charge in [-0.2, -0.15) is 5.10 Å². The Labute approximate surface area is 169 Å². The summed E-state index contributed by atoms with van der Waals surface area (Å²) in [5.74, 6) is 0.462. The lowest BCUT2D eigenvalue weighted by molar-refractivity contribution is -0.127. The van der Waals surface area contributed by atoms with E-state index in [1.165, 1.54) is 13.3 Å². The molecule has 6 heteroatoms. The van der Waals surface area contributed by atoms with Crippen LogP contribution in [0.2, 0.25) is 0 Å². The van der Waals surface area contributed by atoms with E-state index in [9.17, 15) is 9.90 Å². The number of aromatic hydroxyl groups is 1. The maximum Gasteiger partial charge on any atom is 0.280 e. The number of carbonyl (C=O) groups is 1. The van der Waals surface area contributed by atoms with Crippen LogP contribution in [0, 0.1) is 0 Å². The van der Waals surface area contributed by atoms with E-state index in [0.717, 1.165) is 11.1 Å². The maximum atomic E-state index is 12.2. The zero-order chi connectivity index (χ0) is 20.6. The van der Waals surface area contributed by atoms with E-state index >= 15 is 0 Å². The second-order valence-electron chi connectivity index (χ2n) is 6.28. The summed E-state index contributed by atoms with van der Waals surface area (Å²) in [6.45, 7) is 1.64. The van der Waals surface area contributed by atoms with Crippen molar-refractivity contribution in [3.63, 3.8) is 0 Å². The molecule has 0 spiro atoms. The molecule has 3 aromatic carbocycles. The second-order valence-corrected chi connectivity index (χ2v) is 6.28. The Morgan fingerprint density at radius 3 is 2.38 bits per heavy atom. The van der Waals surface area contributed by atoms with Crippen molar-refractivity contribution in [1.29, 1.82) is 0 Å². The van der Waals surface area contributed by atoms with Gasteiger partial charge in [0.05, 0.1) is 13.3 Å². The Morgan fingerprint density at radius 2 is 1.69 bits per heavy atom. The third kappa shape index (κ3) is 5.13. The van der Waals surface area contributed by atoms with Gasteiger partial charge in [-0.05, 0) is 42.3 Å². The number of amides is 1. The highest BCUT2D eigenvalue weighted by molar-refractivity contribution is 5.87. The Bertz CT molecular complexity index is 986. The van der Waals surface area contributed by atoms with Crippen LogP contribution in [0.5, 0.6) is 17.2 Å². The van der Waals surface area contributed by atoms with Gasteiger partial charge < -0.3 is 14.6 Å². The molecule has 1 amide bonds. The van der Waals surface area contributed by atoms with E-state index in [-0.39, 0.29) is 5.75 Å². The lowest BCUT2D eigenvalue weighted by atomic mass is 10.1. The van der Waals surface area contributed by atoms with Gasteiger partial charge in [-0.3, -0.25) is 4.79 Å². The molecular weight excluding hydrogens is 368 g/mol. The lowest BCUT2D eigenvalue weighted by Crippen LogP contribution is -2.33. The predicted molar refractivity (Wildman–Crippen MR) is 112 cm³/mol. The van der Waals surface area contributed by atoms with Gasteiger partial charge in [0.1, 0.15) is 5.75 Å². The fraction of sp³-hybridized carbons (Fsp3) is 0.130. The summed E-state index contributed by atoms with van der Waals surface area (Å²) in [6, 6.07) is 22.5. The van der Waals surface area contributed by atoms with Gasteiger partial charge in [-0.1, -0.05) is 48.5 Å². The van der Waals surface area contributed by atoms with E-state index < -0.39 is 12.0 Å². The van der Waals surface area contributed by atoms with Crippen molar-refractivity contribution in [2.24, 2.45) is 5.10 Å². The van der Waals surface area contributed by atoms with E-state index in [4.69, 9.17) is 9.47 Å². The van der Waals surface area contributed by atoms with Crippen LogP contribution in [0.3, 0.4) is 0 Å². The van der Waals surface area contributed by atoms with Crippen molar-refractivity contribution in [2.45, 2.75) is 13.0 Å². The van der Waals surface area contributed by atoms with Crippen molar-refractivity contribution < 1.29 is 19.4 Å². The van der Waals surface area contributed by atoms with Crippen LogP contribution in [0.15, 0.2) is 77.9 Å². The molecule has 1 unspecified atom stereocenters. The standard InChI is InChI=1S/C23H22N2O4/c1-16(23(27)25-24-15-19-9-6-10-21(28-2)22(19)26)29-20-13-11-18(12-14-20)17-7-4-3-5-8-17/h3-16,26H,1-2H3,(H,25,27). The zero-order valence-electron chi connectivity index (χ0n) is 16.2. The number of para-hydroxylation sites is 1. The summed E-state index contributed by atoms with van der Waals surface area (Å²) in [5, 5.41) is 13.9. The van der Waals surface area contributed by atoms with Crippen molar-refractivity contribution in [3.8, 4) is 28.4 Å². The van der Waals surface area contributed by atoms with Gasteiger partial charge in [0.2, 0.25) is 0 Å². The van der Waals surface area contributed by atoms with Crippen LogP contribution in [0.25, 0.3) is 11.1 Å². The number of carbonyl (C=O) groups excluding carboxylic acids is 1. The van der Waals surface area contributed by atoms with Gasteiger partial charge >= 0.3 is 0 Å². The number of hydrogen-bond donors (Lipinski definition) is 2. The van der Waals surface area contributed by atoms with Crippen molar-refractivity contribution in [3.05, 3.63) is 78.4 Å². The molecule has 148 valence electrons. The molecule has 0 aromatic heterocycles. The normalized spacial score (nSPS) is 11.8. The van der Waals surface area contributed by atoms with E-state index in [1.807, 2.05) is 54.6 Å². The Balaban J connectivity index is 1.57. The number of nitrogens with one attached hydrogen (secondary N) is 1. The molecule has 2 N–H and O–H groups in total. The molecule has 0 saturated carbocycles. The third-order valence-corrected chi connectivity index (χ3v) is 4.27. The fourth-order valence-electron chi connectivity index (χ4n) is 2.68. The van der Waals surface area contributed by atoms with Gasteiger partial charge in [0.25, 0.3) is 5.91 Å². The zero-order valence-corrected chi connectivity index (χ0v) is 16.2. The molecule has 3 rings (SSSR count). The summed E-state index contributed by atoms with van der Waals surface area (Å²) < 4.78 is 10.7. The van der Waals surface area contributed by atoms with E-state index in [0.29, 0.717) is 17.1 Å². The Morgan fingerprint density at radius 1 is 1.00 bits per heavy atom. The number of nitrogens with zero attached hydrogens (tertiary/aromatic N) is 1. The van der Waals surface area contributed by atoms with Crippen LogP contribution in [0.1, 0.15) is 12.5 Å². The topological polar surface area (TPSA) is 80.2 Å². The second kappa shape index (κ2) is 9.41. The highest BCUT2D eigenvalue weighted by Crippen LogP contribution is 2.28. The quantitative estimate of drug-likeness (QED) is 0.472. The van der Waals surface area contributed by atoms with Gasteiger partial charge in [-0.25, -0.2) is 5.43 Å². The number of methoxy groups -OCH3 is 1. The predicted octanol–water partition coefficient (Wildman–Crippen LogP) is 3.99. The SMILES string of the molecule is COc1cccc(C=NNC(=O)C(C)Oc2ccc(-c3ccccc3)cc2)c1O. The monoisotopic (exact) mass is 390 g/mol. The number of hydrogen-bond acceptors (Lipinski definition) is 5. The van der Waals surface area contributed by atoms with Crippen molar-refractivity contribution >= 4 is 12.1 Å². The summed E-state index contributed by atoms with van der Waals surface area (Å²) in [7, 11) is 1.46. The number of benzene rings is 3. The number of ether oxygens (including phenoxy) is 2. The molecule has 0 heterocycles. The first-order chi connectivity index (χ1) is 14.1. The van der Waals surface area contributed by atoms with Crippen molar-refractivity contribution in [1.82, 2.24) is 5.43 Å². The lowest BCUT2D eigenvalue weighted by Gasteiger charge is -2.13. The van der Waals surface area contributed by atoms with Crippen LogP contribution < -0.4 is 14.9 Å². The van der Waals surface area contributed by atoms with Gasteiger partial charge in [0, 0.05) is 5.56 Å². The number of phenolic OH excluding ortho intramolecular Hbond substituents is 1. The fourth-order valence-corrected chi connectivity index (χ4v) is 2.68. The highest BCUT2D eigenvalue weighted by atomic mass is 16.5. The van der Waals surface area contributed by atoms with E-state index in [1.54, 1.807) is 25.1 Å². The molecule has 1 atom stereocenters. The Kier molecular flexibility index (Phi) is 6.47. The van der Waals surface area contributed by atoms with Crippen LogP contribution in [-0.2, 0) is 4.79 Å². The molecule has 0 bridgehead atoms. The molecule has 6 nitrogen and oxygen atoms in total. The molecule has 0 aliphatic rings. The molecule has 0 fully saturated rings. The first-order valence-electron chi connectivity index (χ1n) is 9.09. The molecule has 0 aliphatic heterocycles. The van der Waals surface area contributed by atoms with Crippen LogP contribution in [0.4, 0.5) is 0 Å². The molecule has 0 aliphatic carbocycles. The highest BCUT2D eigenvalue weighted by Gasteiger charge is 2.14. The number of phenols is 1. The average molecular weight is 390 g/mol. The molecular formula is C23H22N2O4. The van der Waals surface area contributed by atoms with Gasteiger partial charge in [-0.15, -0.1) is 0 Å². The molecule has 3 aromatic rings. The molecule has 0 saturated heterocycles. The molecule has 0 radical (unpaired) electrons.